The molecule has 0 bridgehead atoms. The van der Waals surface area contributed by atoms with E-state index in [-0.39, 0.29) is 11.9 Å². The number of hydrogen-bond acceptors (Lipinski definition) is 3. The maximum Gasteiger partial charge on any atom is 0.244 e. The van der Waals surface area contributed by atoms with Crippen LogP contribution in [0.1, 0.15) is 18.1 Å². The topological polar surface area (TPSA) is 26.8 Å². The van der Waals surface area contributed by atoms with Gasteiger partial charge in [0.15, 0.2) is 0 Å². The van der Waals surface area contributed by atoms with Crippen LogP contribution in [0.5, 0.6) is 0 Å². The minimum atomic E-state index is -0.0487. The van der Waals surface area contributed by atoms with Crippen molar-refractivity contribution in [2.24, 2.45) is 0 Å². The quantitative estimate of drug-likeness (QED) is 0.817. The Balaban J connectivity index is 1.28. The van der Waals surface area contributed by atoms with Gasteiger partial charge < -0.3 is 9.80 Å². The predicted octanol–water partition coefficient (Wildman–Crippen LogP) is 2.82. The first kappa shape index (κ1) is 18.2. The van der Waals surface area contributed by atoms with Gasteiger partial charge in [-0.2, -0.15) is 0 Å². The summed E-state index contributed by atoms with van der Waals surface area (Å²) in [6.45, 7) is 8.01. The fraction of sp³-hybridized carbons (Fsp3) is 0.435. The zero-order valence-corrected chi connectivity index (χ0v) is 16.2. The van der Waals surface area contributed by atoms with E-state index in [1.165, 1.54) is 11.1 Å². The summed E-state index contributed by atoms with van der Waals surface area (Å²) in [4.78, 5) is 19.9. The van der Waals surface area contributed by atoms with Crippen LogP contribution in [0.3, 0.4) is 0 Å². The standard InChI is InChI=1S/C23H29N3O/c1-19(23(27)26-14-12-21-9-5-6-10-22(21)26)25-17-15-24(16-18-25)13-11-20-7-3-2-4-8-20/h2-10,19H,11-18H2,1H3/t19-/m0/s1. The van der Waals surface area contributed by atoms with Gasteiger partial charge in [-0.15, -0.1) is 0 Å². The number of piperazine rings is 1. The molecule has 2 aliphatic heterocycles. The average Bonchev–Trinajstić information content (AvgIpc) is 3.16. The van der Waals surface area contributed by atoms with Crippen molar-refractivity contribution in [3.05, 3.63) is 65.7 Å². The van der Waals surface area contributed by atoms with Crippen LogP contribution in [-0.4, -0.2) is 61.0 Å². The highest BCUT2D eigenvalue weighted by Crippen LogP contribution is 2.28. The maximum atomic E-state index is 13.1. The van der Waals surface area contributed by atoms with E-state index in [0.29, 0.717) is 0 Å². The maximum absolute atomic E-state index is 13.1. The lowest BCUT2D eigenvalue weighted by molar-refractivity contribution is -0.123. The van der Waals surface area contributed by atoms with Crippen molar-refractivity contribution in [3.63, 3.8) is 0 Å². The van der Waals surface area contributed by atoms with Crippen molar-refractivity contribution < 1.29 is 4.79 Å². The van der Waals surface area contributed by atoms with Gasteiger partial charge in [0.1, 0.15) is 0 Å². The van der Waals surface area contributed by atoms with Gasteiger partial charge in [-0.25, -0.2) is 0 Å². The summed E-state index contributed by atoms with van der Waals surface area (Å²) < 4.78 is 0. The van der Waals surface area contributed by atoms with Gasteiger partial charge in [0.2, 0.25) is 5.91 Å². The third-order valence-electron chi connectivity index (χ3n) is 6.02. The lowest BCUT2D eigenvalue weighted by Gasteiger charge is -2.38. The lowest BCUT2D eigenvalue weighted by atomic mass is 10.1. The van der Waals surface area contributed by atoms with Gasteiger partial charge in [0.05, 0.1) is 6.04 Å². The van der Waals surface area contributed by atoms with Gasteiger partial charge in [0, 0.05) is 45.0 Å². The van der Waals surface area contributed by atoms with E-state index in [1.54, 1.807) is 0 Å². The first-order chi connectivity index (χ1) is 13.2. The number of fused-ring (bicyclic) bond motifs is 1. The average molecular weight is 364 g/mol. The van der Waals surface area contributed by atoms with Crippen LogP contribution in [0.4, 0.5) is 5.69 Å². The largest absolute Gasteiger partial charge is 0.310 e. The van der Waals surface area contributed by atoms with E-state index in [4.69, 9.17) is 0 Å². The Morgan fingerprint density at radius 3 is 2.41 bits per heavy atom. The molecule has 0 unspecified atom stereocenters. The zero-order valence-electron chi connectivity index (χ0n) is 16.2. The van der Waals surface area contributed by atoms with E-state index in [0.717, 1.165) is 57.8 Å². The summed E-state index contributed by atoms with van der Waals surface area (Å²) >= 11 is 0. The number of amides is 1. The molecule has 2 aromatic rings. The van der Waals surface area contributed by atoms with Gasteiger partial charge >= 0.3 is 0 Å². The molecule has 4 rings (SSSR count). The first-order valence-corrected chi connectivity index (χ1v) is 10.1. The number of carbonyl (C=O) groups is 1. The van der Waals surface area contributed by atoms with E-state index in [1.807, 2.05) is 11.0 Å². The summed E-state index contributed by atoms with van der Waals surface area (Å²) in [5.74, 6) is 0.248. The van der Waals surface area contributed by atoms with Crippen LogP contribution < -0.4 is 4.90 Å². The normalized spacial score (nSPS) is 19.1. The molecule has 0 aliphatic carbocycles. The highest BCUT2D eigenvalue weighted by molar-refractivity contribution is 5.98. The Hall–Kier alpha value is -2.17. The number of hydrogen-bond donors (Lipinski definition) is 0. The fourth-order valence-corrected chi connectivity index (χ4v) is 4.26. The van der Waals surface area contributed by atoms with E-state index in [9.17, 15) is 4.79 Å². The van der Waals surface area contributed by atoms with Crippen molar-refractivity contribution in [2.45, 2.75) is 25.8 Å². The van der Waals surface area contributed by atoms with E-state index >= 15 is 0 Å². The molecule has 2 aliphatic rings. The number of para-hydroxylation sites is 1. The van der Waals surface area contributed by atoms with Gasteiger partial charge in [-0.3, -0.25) is 9.69 Å². The first-order valence-electron chi connectivity index (χ1n) is 10.1. The lowest BCUT2D eigenvalue weighted by Crippen LogP contribution is -2.54. The molecule has 1 atom stereocenters. The second-order valence-electron chi connectivity index (χ2n) is 7.66. The molecular formula is C23H29N3O. The summed E-state index contributed by atoms with van der Waals surface area (Å²) in [5, 5.41) is 0. The minimum absolute atomic E-state index is 0.0487. The minimum Gasteiger partial charge on any atom is -0.310 e. The van der Waals surface area contributed by atoms with Crippen LogP contribution in [0, 0.1) is 0 Å². The molecule has 4 heteroatoms. The summed E-state index contributed by atoms with van der Waals surface area (Å²) in [5.41, 5.74) is 3.80. The smallest absolute Gasteiger partial charge is 0.244 e. The SMILES string of the molecule is C[C@@H](C(=O)N1CCc2ccccc21)N1CCN(CCc2ccccc2)CC1. The van der Waals surface area contributed by atoms with Crippen LogP contribution >= 0.6 is 0 Å². The number of benzene rings is 2. The number of carbonyl (C=O) groups excluding carboxylic acids is 1. The molecule has 1 amide bonds. The van der Waals surface area contributed by atoms with Crippen LogP contribution in [0.25, 0.3) is 0 Å². The predicted molar refractivity (Wildman–Crippen MR) is 110 cm³/mol. The van der Waals surface area contributed by atoms with Crippen molar-refractivity contribution in [1.82, 2.24) is 9.80 Å². The fourth-order valence-electron chi connectivity index (χ4n) is 4.26. The Bertz CT molecular complexity index is 768. The zero-order chi connectivity index (χ0) is 18.6. The van der Waals surface area contributed by atoms with Crippen LogP contribution in [0.2, 0.25) is 0 Å². The molecule has 0 aromatic heterocycles. The Kier molecular flexibility index (Phi) is 5.55. The second-order valence-corrected chi connectivity index (χ2v) is 7.66. The van der Waals surface area contributed by atoms with Gasteiger partial charge in [0.25, 0.3) is 0 Å². The molecule has 0 N–H and O–H groups in total. The molecule has 4 nitrogen and oxygen atoms in total. The third-order valence-corrected chi connectivity index (χ3v) is 6.02. The molecular weight excluding hydrogens is 334 g/mol. The van der Waals surface area contributed by atoms with Crippen molar-refractivity contribution in [1.29, 1.82) is 0 Å². The number of nitrogens with zero attached hydrogens (tertiary/aromatic N) is 3. The molecule has 27 heavy (non-hydrogen) atoms. The van der Waals surface area contributed by atoms with Gasteiger partial charge in [-0.05, 0) is 37.0 Å². The number of anilines is 1. The molecule has 142 valence electrons. The third kappa shape index (κ3) is 4.07. The van der Waals surface area contributed by atoms with Crippen LogP contribution in [0.15, 0.2) is 54.6 Å². The molecule has 0 spiro atoms. The summed E-state index contributed by atoms with van der Waals surface area (Å²) in [6.07, 6.45) is 2.07. The molecule has 0 radical (unpaired) electrons. The van der Waals surface area contributed by atoms with Crippen LogP contribution in [-0.2, 0) is 17.6 Å². The molecule has 2 heterocycles. The molecule has 1 saturated heterocycles. The molecule has 1 fully saturated rings. The van der Waals surface area contributed by atoms with Crippen molar-refractivity contribution in [2.75, 3.05) is 44.2 Å². The molecule has 0 saturated carbocycles. The van der Waals surface area contributed by atoms with Crippen molar-refractivity contribution in [3.8, 4) is 0 Å². The monoisotopic (exact) mass is 363 g/mol. The highest BCUT2D eigenvalue weighted by Gasteiger charge is 2.32. The Labute approximate surface area is 162 Å². The summed E-state index contributed by atoms with van der Waals surface area (Å²) in [6, 6.07) is 18.9. The summed E-state index contributed by atoms with van der Waals surface area (Å²) in [7, 11) is 0. The highest BCUT2D eigenvalue weighted by atomic mass is 16.2. The number of rotatable bonds is 5. The Morgan fingerprint density at radius 2 is 1.63 bits per heavy atom. The Morgan fingerprint density at radius 1 is 0.926 bits per heavy atom. The second kappa shape index (κ2) is 8.24. The van der Waals surface area contributed by atoms with E-state index < -0.39 is 0 Å². The van der Waals surface area contributed by atoms with Gasteiger partial charge in [-0.1, -0.05) is 48.5 Å². The van der Waals surface area contributed by atoms with Crippen molar-refractivity contribution >= 4 is 11.6 Å². The van der Waals surface area contributed by atoms with E-state index in [2.05, 4.69) is 65.3 Å². The molecule has 2 aromatic carbocycles.